The van der Waals surface area contributed by atoms with E-state index in [1.807, 2.05) is 0 Å². The summed E-state index contributed by atoms with van der Waals surface area (Å²) >= 11 is 0. The summed E-state index contributed by atoms with van der Waals surface area (Å²) in [5.41, 5.74) is 2.65. The predicted octanol–water partition coefficient (Wildman–Crippen LogP) is 7.08. The molecule has 1 nitrogen and oxygen atoms in total. The Morgan fingerprint density at radius 2 is 1.70 bits per heavy atom. The maximum absolute atomic E-state index is 10.5. The van der Waals surface area contributed by atoms with Gasteiger partial charge in [0.15, 0.2) is 0 Å². The van der Waals surface area contributed by atoms with E-state index in [-0.39, 0.29) is 5.41 Å². The van der Waals surface area contributed by atoms with Crippen LogP contribution in [-0.4, -0.2) is 5.11 Å². The van der Waals surface area contributed by atoms with Gasteiger partial charge in [0.1, 0.15) is 5.75 Å². The lowest BCUT2D eigenvalue weighted by molar-refractivity contribution is 0.408. The molecule has 23 heavy (non-hydrogen) atoms. The van der Waals surface area contributed by atoms with Gasteiger partial charge >= 0.3 is 0 Å². The number of unbranched alkanes of at least 4 members (excludes halogenated alkanes) is 4. The zero-order valence-electron chi connectivity index (χ0n) is 15.5. The van der Waals surface area contributed by atoms with E-state index in [4.69, 9.17) is 0 Å². The van der Waals surface area contributed by atoms with E-state index in [0.29, 0.717) is 11.7 Å². The second kappa shape index (κ2) is 8.76. The smallest absolute Gasteiger partial charge is 0.119 e. The van der Waals surface area contributed by atoms with Crippen LogP contribution in [-0.2, 0) is 5.41 Å². The summed E-state index contributed by atoms with van der Waals surface area (Å²) in [6, 6.07) is 6.53. The molecule has 0 aliphatic heterocycles. The predicted molar refractivity (Wildman–Crippen MR) is 100 cm³/mol. The lowest BCUT2D eigenvalue weighted by Gasteiger charge is -2.28. The average Bonchev–Trinajstić information content (AvgIpc) is 2.55. The Kier molecular flexibility index (Phi) is 6.99. The highest BCUT2D eigenvalue weighted by Gasteiger charge is 2.23. The Hall–Kier alpha value is -0.980. The van der Waals surface area contributed by atoms with E-state index in [9.17, 15) is 5.11 Å². The lowest BCUT2D eigenvalue weighted by Crippen LogP contribution is -2.17. The second-order valence-electron chi connectivity index (χ2n) is 8.16. The first kappa shape index (κ1) is 18.4. The minimum atomic E-state index is 0.161. The van der Waals surface area contributed by atoms with Crippen LogP contribution in [0.15, 0.2) is 18.2 Å². The Morgan fingerprint density at radius 1 is 1.00 bits per heavy atom. The van der Waals surface area contributed by atoms with Gasteiger partial charge in [-0.1, -0.05) is 84.3 Å². The van der Waals surface area contributed by atoms with E-state index >= 15 is 0 Å². The van der Waals surface area contributed by atoms with Crippen molar-refractivity contribution in [3.8, 4) is 5.75 Å². The second-order valence-corrected chi connectivity index (χ2v) is 8.16. The summed E-state index contributed by atoms with van der Waals surface area (Å²) in [7, 11) is 0. The van der Waals surface area contributed by atoms with Gasteiger partial charge < -0.3 is 5.11 Å². The van der Waals surface area contributed by atoms with Gasteiger partial charge in [0.2, 0.25) is 0 Å². The SMILES string of the molecule is CCCCCCCC(C)(C)c1ccc(C2CCCCC2)c(O)c1. The number of benzene rings is 1. The Labute approximate surface area is 143 Å². The van der Waals surface area contributed by atoms with E-state index in [0.717, 1.165) is 0 Å². The lowest BCUT2D eigenvalue weighted by atomic mass is 9.78. The van der Waals surface area contributed by atoms with Crippen molar-refractivity contribution in [3.63, 3.8) is 0 Å². The highest BCUT2D eigenvalue weighted by molar-refractivity contribution is 5.41. The highest BCUT2D eigenvalue weighted by atomic mass is 16.3. The normalized spacial score (nSPS) is 16.7. The van der Waals surface area contributed by atoms with Gasteiger partial charge in [-0.25, -0.2) is 0 Å². The number of hydrogen-bond acceptors (Lipinski definition) is 1. The van der Waals surface area contributed by atoms with Crippen LogP contribution in [0, 0.1) is 0 Å². The van der Waals surface area contributed by atoms with E-state index in [1.54, 1.807) is 0 Å². The zero-order valence-corrected chi connectivity index (χ0v) is 15.5. The third-order valence-electron chi connectivity index (χ3n) is 5.76. The number of rotatable bonds is 8. The molecular formula is C22H36O. The monoisotopic (exact) mass is 316 g/mol. The number of phenolic OH excluding ortho intramolecular Hbond substituents is 1. The standard InChI is InChI=1S/C22H36O/c1-4-5-6-7-11-16-22(2,3)19-14-15-20(21(23)17-19)18-12-9-8-10-13-18/h14-15,17-18,23H,4-13,16H2,1-3H3. The first-order valence-corrected chi connectivity index (χ1v) is 9.88. The van der Waals surface area contributed by atoms with Crippen LogP contribution in [0.2, 0.25) is 0 Å². The van der Waals surface area contributed by atoms with Gasteiger partial charge in [-0.05, 0) is 47.8 Å². The zero-order chi connectivity index (χ0) is 16.7. The fourth-order valence-electron chi connectivity index (χ4n) is 4.04. The van der Waals surface area contributed by atoms with Crippen LogP contribution in [0.3, 0.4) is 0 Å². The third kappa shape index (κ3) is 5.26. The molecule has 0 heterocycles. The minimum absolute atomic E-state index is 0.161. The summed E-state index contributed by atoms with van der Waals surface area (Å²) in [6.07, 6.45) is 14.3. The molecule has 2 rings (SSSR count). The minimum Gasteiger partial charge on any atom is -0.508 e. The molecule has 130 valence electrons. The van der Waals surface area contributed by atoms with Crippen molar-refractivity contribution in [2.45, 2.75) is 103 Å². The molecule has 0 radical (unpaired) electrons. The Morgan fingerprint density at radius 3 is 2.35 bits per heavy atom. The molecule has 0 saturated heterocycles. The molecule has 1 aliphatic rings. The van der Waals surface area contributed by atoms with Crippen LogP contribution in [0.4, 0.5) is 0 Å². The van der Waals surface area contributed by atoms with E-state index < -0.39 is 0 Å². The fourth-order valence-corrected chi connectivity index (χ4v) is 4.04. The van der Waals surface area contributed by atoms with Crippen molar-refractivity contribution in [1.29, 1.82) is 0 Å². The maximum atomic E-state index is 10.5. The quantitative estimate of drug-likeness (QED) is 0.508. The van der Waals surface area contributed by atoms with Crippen LogP contribution in [0.1, 0.15) is 108 Å². The van der Waals surface area contributed by atoms with Gasteiger partial charge in [-0.2, -0.15) is 0 Å². The van der Waals surface area contributed by atoms with Crippen molar-refractivity contribution in [2.24, 2.45) is 0 Å². The highest BCUT2D eigenvalue weighted by Crippen LogP contribution is 2.39. The molecule has 1 aliphatic carbocycles. The van der Waals surface area contributed by atoms with Crippen LogP contribution < -0.4 is 0 Å². The van der Waals surface area contributed by atoms with Gasteiger partial charge in [-0.3, -0.25) is 0 Å². The molecule has 0 spiro atoms. The maximum Gasteiger partial charge on any atom is 0.119 e. The summed E-state index contributed by atoms with van der Waals surface area (Å²) in [6.45, 7) is 6.91. The van der Waals surface area contributed by atoms with Gasteiger partial charge in [0, 0.05) is 0 Å². The number of aromatic hydroxyl groups is 1. The van der Waals surface area contributed by atoms with Crippen molar-refractivity contribution in [1.82, 2.24) is 0 Å². The molecule has 0 atom stereocenters. The largest absolute Gasteiger partial charge is 0.508 e. The summed E-state index contributed by atoms with van der Waals surface area (Å²) in [4.78, 5) is 0. The molecule has 0 amide bonds. The molecule has 1 aromatic carbocycles. The first-order valence-electron chi connectivity index (χ1n) is 9.88. The van der Waals surface area contributed by atoms with Gasteiger partial charge in [0.05, 0.1) is 0 Å². The molecular weight excluding hydrogens is 280 g/mol. The van der Waals surface area contributed by atoms with E-state index in [1.165, 1.54) is 81.8 Å². The molecule has 1 heteroatoms. The molecule has 0 aromatic heterocycles. The molecule has 1 N–H and O–H groups in total. The Bertz CT molecular complexity index is 469. The van der Waals surface area contributed by atoms with Crippen molar-refractivity contribution >= 4 is 0 Å². The van der Waals surface area contributed by atoms with Crippen LogP contribution in [0.5, 0.6) is 5.75 Å². The molecule has 1 fully saturated rings. The Balaban J connectivity index is 1.97. The number of phenols is 1. The van der Waals surface area contributed by atoms with Crippen molar-refractivity contribution < 1.29 is 5.11 Å². The third-order valence-corrected chi connectivity index (χ3v) is 5.76. The van der Waals surface area contributed by atoms with Gasteiger partial charge in [0.25, 0.3) is 0 Å². The summed E-state index contributed by atoms with van der Waals surface area (Å²) in [5, 5.41) is 10.5. The molecule has 0 bridgehead atoms. The average molecular weight is 317 g/mol. The first-order chi connectivity index (χ1) is 11.0. The summed E-state index contributed by atoms with van der Waals surface area (Å²) < 4.78 is 0. The molecule has 1 saturated carbocycles. The summed E-state index contributed by atoms with van der Waals surface area (Å²) in [5.74, 6) is 1.11. The van der Waals surface area contributed by atoms with Crippen molar-refractivity contribution in [2.75, 3.05) is 0 Å². The fraction of sp³-hybridized carbons (Fsp3) is 0.727. The van der Waals surface area contributed by atoms with Crippen molar-refractivity contribution in [3.05, 3.63) is 29.3 Å². The van der Waals surface area contributed by atoms with Gasteiger partial charge in [-0.15, -0.1) is 0 Å². The molecule has 1 aromatic rings. The van der Waals surface area contributed by atoms with Crippen LogP contribution >= 0.6 is 0 Å². The molecule has 0 unspecified atom stereocenters. The van der Waals surface area contributed by atoms with Crippen LogP contribution in [0.25, 0.3) is 0 Å². The number of hydrogen-bond donors (Lipinski definition) is 1. The van der Waals surface area contributed by atoms with E-state index in [2.05, 4.69) is 39.0 Å². The topological polar surface area (TPSA) is 20.2 Å².